The number of aromatic amines is 1. The lowest BCUT2D eigenvalue weighted by molar-refractivity contribution is 0.871. The van der Waals surface area contributed by atoms with Crippen LogP contribution >= 0.6 is 35.4 Å². The lowest BCUT2D eigenvalue weighted by Crippen LogP contribution is -1.95. The molecule has 3 rings (SSSR count). The second-order valence-electron chi connectivity index (χ2n) is 4.94. The summed E-state index contributed by atoms with van der Waals surface area (Å²) in [4.78, 5) is 0. The minimum atomic E-state index is 0.384. The smallest absolute Gasteiger partial charge is 0.216 e. The molecule has 0 amide bonds. The molecule has 116 valence electrons. The van der Waals surface area contributed by atoms with Crippen LogP contribution in [-0.2, 0) is 0 Å². The van der Waals surface area contributed by atoms with E-state index in [9.17, 15) is 0 Å². The molecule has 1 heterocycles. The summed E-state index contributed by atoms with van der Waals surface area (Å²) in [6, 6.07) is 13.2. The highest BCUT2D eigenvalue weighted by molar-refractivity contribution is 7.71. The first-order valence-electron chi connectivity index (χ1n) is 6.78. The van der Waals surface area contributed by atoms with Gasteiger partial charge in [0.15, 0.2) is 5.82 Å². The van der Waals surface area contributed by atoms with Crippen LogP contribution in [0.5, 0.6) is 0 Å². The maximum atomic E-state index is 6.24. The van der Waals surface area contributed by atoms with E-state index in [4.69, 9.17) is 35.4 Å². The zero-order chi connectivity index (χ0) is 16.4. The van der Waals surface area contributed by atoms with E-state index in [0.717, 1.165) is 5.56 Å². The Labute approximate surface area is 148 Å². The molecule has 0 fully saturated rings. The lowest BCUT2D eigenvalue weighted by Gasteiger charge is -2.04. The molecule has 7 heteroatoms. The van der Waals surface area contributed by atoms with Crippen LogP contribution in [0, 0.1) is 11.7 Å². The predicted octanol–water partition coefficient (Wildman–Crippen LogP) is 5.11. The number of hydrogen-bond donors (Lipinski definition) is 1. The summed E-state index contributed by atoms with van der Waals surface area (Å²) in [5.74, 6) is 0.528. The van der Waals surface area contributed by atoms with Crippen molar-refractivity contribution < 1.29 is 0 Å². The van der Waals surface area contributed by atoms with Crippen molar-refractivity contribution >= 4 is 41.6 Å². The molecule has 0 unspecified atom stereocenters. The van der Waals surface area contributed by atoms with Crippen molar-refractivity contribution in [2.75, 3.05) is 0 Å². The van der Waals surface area contributed by atoms with Gasteiger partial charge in [-0.25, -0.2) is 5.10 Å². The van der Waals surface area contributed by atoms with Crippen molar-refractivity contribution in [2.45, 2.75) is 6.92 Å². The van der Waals surface area contributed by atoms with Crippen molar-refractivity contribution in [3.05, 3.63) is 68.4 Å². The molecule has 4 nitrogen and oxygen atoms in total. The van der Waals surface area contributed by atoms with Gasteiger partial charge in [0.05, 0.1) is 11.2 Å². The SMILES string of the molecule is Cc1ccc(/C=N\n2c(-c3ccc(Cl)cc3Cl)n[nH]c2=S)cc1. The Morgan fingerprint density at radius 2 is 1.91 bits per heavy atom. The highest BCUT2D eigenvalue weighted by atomic mass is 35.5. The Morgan fingerprint density at radius 3 is 2.61 bits per heavy atom. The number of H-pyrrole nitrogens is 1. The Bertz CT molecular complexity index is 926. The minimum Gasteiger partial charge on any atom is -0.250 e. The van der Waals surface area contributed by atoms with Crippen molar-refractivity contribution in [1.82, 2.24) is 14.9 Å². The van der Waals surface area contributed by atoms with Gasteiger partial charge in [0.2, 0.25) is 4.77 Å². The summed E-state index contributed by atoms with van der Waals surface area (Å²) in [5, 5.41) is 12.4. The van der Waals surface area contributed by atoms with Gasteiger partial charge in [-0.15, -0.1) is 0 Å². The van der Waals surface area contributed by atoms with Gasteiger partial charge in [0.1, 0.15) is 0 Å². The molecule has 0 bridgehead atoms. The van der Waals surface area contributed by atoms with Gasteiger partial charge in [-0.05, 0) is 42.9 Å². The van der Waals surface area contributed by atoms with Crippen LogP contribution < -0.4 is 0 Å². The molecule has 0 saturated carbocycles. The van der Waals surface area contributed by atoms with Crippen LogP contribution in [0.1, 0.15) is 11.1 Å². The van der Waals surface area contributed by atoms with Gasteiger partial charge in [-0.3, -0.25) is 0 Å². The van der Waals surface area contributed by atoms with Crippen molar-refractivity contribution in [3.8, 4) is 11.4 Å². The van der Waals surface area contributed by atoms with Crippen molar-refractivity contribution in [1.29, 1.82) is 0 Å². The first-order valence-corrected chi connectivity index (χ1v) is 7.95. The van der Waals surface area contributed by atoms with Crippen LogP contribution in [0.2, 0.25) is 10.0 Å². The van der Waals surface area contributed by atoms with Crippen LogP contribution in [-0.4, -0.2) is 21.1 Å². The second kappa shape index (κ2) is 6.66. The van der Waals surface area contributed by atoms with Crippen LogP contribution in [0.15, 0.2) is 47.6 Å². The molecule has 0 saturated heterocycles. The number of nitrogens with one attached hydrogen (secondary N) is 1. The van der Waals surface area contributed by atoms with Crippen LogP contribution in [0.4, 0.5) is 0 Å². The van der Waals surface area contributed by atoms with E-state index in [-0.39, 0.29) is 0 Å². The Morgan fingerprint density at radius 1 is 1.17 bits per heavy atom. The topological polar surface area (TPSA) is 46.0 Å². The highest BCUT2D eigenvalue weighted by Gasteiger charge is 2.12. The number of hydrogen-bond acceptors (Lipinski definition) is 3. The van der Waals surface area contributed by atoms with E-state index < -0.39 is 0 Å². The van der Waals surface area contributed by atoms with E-state index in [0.29, 0.717) is 26.2 Å². The normalized spacial score (nSPS) is 11.3. The Hall–Kier alpha value is -1.95. The molecule has 1 N–H and O–H groups in total. The minimum absolute atomic E-state index is 0.384. The summed E-state index contributed by atoms with van der Waals surface area (Å²) in [5.41, 5.74) is 2.85. The average molecular weight is 363 g/mol. The monoisotopic (exact) mass is 362 g/mol. The molecular weight excluding hydrogens is 351 g/mol. The predicted molar refractivity (Wildman–Crippen MR) is 97.0 cm³/mol. The summed E-state index contributed by atoms with van der Waals surface area (Å²) < 4.78 is 1.92. The first-order chi connectivity index (χ1) is 11.0. The number of rotatable bonds is 3. The van der Waals surface area contributed by atoms with E-state index >= 15 is 0 Å². The van der Waals surface area contributed by atoms with Crippen LogP contribution in [0.3, 0.4) is 0 Å². The zero-order valence-electron chi connectivity index (χ0n) is 12.1. The number of halogens is 2. The van der Waals surface area contributed by atoms with Gasteiger partial charge in [0.25, 0.3) is 0 Å². The maximum Gasteiger partial charge on any atom is 0.216 e. The van der Waals surface area contributed by atoms with E-state index in [2.05, 4.69) is 15.3 Å². The molecule has 0 spiro atoms. The summed E-state index contributed by atoms with van der Waals surface area (Å²) in [6.07, 6.45) is 1.72. The van der Waals surface area contributed by atoms with E-state index in [1.165, 1.54) is 10.2 Å². The molecule has 23 heavy (non-hydrogen) atoms. The molecule has 0 radical (unpaired) electrons. The second-order valence-corrected chi connectivity index (χ2v) is 6.17. The van der Waals surface area contributed by atoms with Gasteiger partial charge in [-0.1, -0.05) is 53.0 Å². The fraction of sp³-hybridized carbons (Fsp3) is 0.0625. The molecule has 2 aromatic carbocycles. The number of benzene rings is 2. The lowest BCUT2D eigenvalue weighted by atomic mass is 10.2. The molecule has 1 aromatic heterocycles. The third-order valence-electron chi connectivity index (χ3n) is 3.22. The summed E-state index contributed by atoms with van der Waals surface area (Å²) in [7, 11) is 0. The quantitative estimate of drug-likeness (QED) is 0.520. The standard InChI is InChI=1S/C16H12Cl2N4S/c1-10-2-4-11(5-3-10)9-19-22-15(20-21-16(22)23)13-7-6-12(17)8-14(13)18/h2-9H,1H3,(H,21,23)/b19-9-. The van der Waals surface area contributed by atoms with E-state index in [1.807, 2.05) is 31.2 Å². The van der Waals surface area contributed by atoms with E-state index in [1.54, 1.807) is 24.4 Å². The summed E-state index contributed by atoms with van der Waals surface area (Å²) >= 11 is 17.4. The number of aromatic nitrogens is 3. The third kappa shape index (κ3) is 3.52. The fourth-order valence-corrected chi connectivity index (χ4v) is 2.69. The van der Waals surface area contributed by atoms with Gasteiger partial charge in [-0.2, -0.15) is 14.9 Å². The van der Waals surface area contributed by atoms with Crippen molar-refractivity contribution in [2.24, 2.45) is 5.10 Å². The van der Waals surface area contributed by atoms with Crippen molar-refractivity contribution in [3.63, 3.8) is 0 Å². The Balaban J connectivity index is 2.02. The largest absolute Gasteiger partial charge is 0.250 e. The fourth-order valence-electron chi connectivity index (χ4n) is 2.02. The summed E-state index contributed by atoms with van der Waals surface area (Å²) in [6.45, 7) is 2.04. The zero-order valence-corrected chi connectivity index (χ0v) is 14.5. The van der Waals surface area contributed by atoms with Gasteiger partial charge < -0.3 is 0 Å². The molecule has 0 atom stereocenters. The molecular formula is C16H12Cl2N4S. The number of aryl methyl sites for hydroxylation is 1. The Kier molecular flexibility index (Phi) is 4.61. The number of nitrogens with zero attached hydrogens (tertiary/aromatic N) is 3. The van der Waals surface area contributed by atoms with Gasteiger partial charge >= 0.3 is 0 Å². The highest BCUT2D eigenvalue weighted by Crippen LogP contribution is 2.29. The molecule has 3 aromatic rings. The van der Waals surface area contributed by atoms with Crippen LogP contribution in [0.25, 0.3) is 11.4 Å². The average Bonchev–Trinajstić information content (AvgIpc) is 2.88. The first kappa shape index (κ1) is 15.9. The van der Waals surface area contributed by atoms with Gasteiger partial charge in [0, 0.05) is 10.6 Å². The maximum absolute atomic E-state index is 6.24. The molecule has 0 aliphatic heterocycles. The molecule has 0 aliphatic carbocycles. The third-order valence-corrected chi connectivity index (χ3v) is 4.03. The molecule has 0 aliphatic rings.